The summed E-state index contributed by atoms with van der Waals surface area (Å²) in [5.74, 6) is -0.284. The van der Waals surface area contributed by atoms with Crippen molar-refractivity contribution in [2.45, 2.75) is 452 Å². The Morgan fingerprint density at radius 1 is 0.340 bits per heavy atom. The van der Waals surface area contributed by atoms with Gasteiger partial charge in [-0.15, -0.1) is 0 Å². The first-order valence-corrected chi connectivity index (χ1v) is 42.4. The fraction of sp³-hybridized carbons (Fsp3) is 0.893. The van der Waals surface area contributed by atoms with Gasteiger partial charge in [0.25, 0.3) is 0 Å². The number of aliphatic hydroxyl groups is 11. The molecule has 0 aromatic carbocycles. The first-order valence-electron chi connectivity index (χ1n) is 42.4. The summed E-state index contributed by atoms with van der Waals surface area (Å²) in [6.45, 7) is 1.73. The van der Waals surface area contributed by atoms with Gasteiger partial charge in [0.1, 0.15) is 73.2 Å². The van der Waals surface area contributed by atoms with E-state index in [0.717, 1.165) is 44.9 Å². The Morgan fingerprint density at radius 3 is 0.971 bits per heavy atom. The van der Waals surface area contributed by atoms with Crippen LogP contribution in [0.15, 0.2) is 48.6 Å². The van der Waals surface area contributed by atoms with Crippen molar-refractivity contribution in [3.63, 3.8) is 0 Å². The zero-order chi connectivity index (χ0) is 74.6. The highest BCUT2D eigenvalue weighted by Gasteiger charge is 2.54. The van der Waals surface area contributed by atoms with Crippen molar-refractivity contribution in [1.82, 2.24) is 5.32 Å². The van der Waals surface area contributed by atoms with Crippen LogP contribution in [0, 0.1) is 0 Å². The van der Waals surface area contributed by atoms with Gasteiger partial charge in [0.15, 0.2) is 18.9 Å². The summed E-state index contributed by atoms with van der Waals surface area (Å²) in [4.78, 5) is 13.5. The number of unbranched alkanes of at least 4 members (excludes halogenated alkanes) is 46. The second-order valence-electron chi connectivity index (χ2n) is 30.3. The molecule has 604 valence electrons. The largest absolute Gasteiger partial charge is 0.394 e. The van der Waals surface area contributed by atoms with Gasteiger partial charge in [0.2, 0.25) is 5.91 Å². The van der Waals surface area contributed by atoms with Crippen molar-refractivity contribution < 1.29 is 89.4 Å². The molecule has 3 aliphatic rings. The molecule has 0 aromatic heterocycles. The topological polar surface area (TPSA) is 307 Å². The zero-order valence-corrected chi connectivity index (χ0v) is 64.8. The van der Waals surface area contributed by atoms with Crippen molar-refractivity contribution in [3.8, 4) is 0 Å². The summed E-state index contributed by atoms with van der Waals surface area (Å²) in [5.41, 5.74) is 0. The molecule has 3 rings (SSSR count). The number of amides is 1. The van der Waals surface area contributed by atoms with E-state index in [2.05, 4.69) is 55.6 Å². The average molecular weight is 1470 g/mol. The average Bonchev–Trinajstić information content (AvgIpc) is 0.781. The minimum atomic E-state index is -1.98. The normalized spacial score (nSPS) is 26.2. The molecule has 17 unspecified atom stereocenters. The molecule has 103 heavy (non-hydrogen) atoms. The van der Waals surface area contributed by atoms with Gasteiger partial charge in [-0.25, -0.2) is 0 Å². The predicted molar refractivity (Wildman–Crippen MR) is 411 cm³/mol. The van der Waals surface area contributed by atoms with Crippen LogP contribution in [0.4, 0.5) is 0 Å². The van der Waals surface area contributed by atoms with Gasteiger partial charge >= 0.3 is 0 Å². The van der Waals surface area contributed by atoms with Crippen LogP contribution < -0.4 is 5.32 Å². The van der Waals surface area contributed by atoms with Crippen molar-refractivity contribution in [3.05, 3.63) is 48.6 Å². The SMILES string of the molecule is CCCCCCCCC/C=C/CC/C=C/CC/C=C/C(O)C(COC1OC(CO)C(OC2OC(CO)C(OC3OC(CO)C(O)C(O)C3O)C(O)C2O)C(O)C1O)NC(=O)CCCCCCCCCCCCCCCCCCCCCCCCCCCCCCC/C=C\CCCCCCCCCC. The van der Waals surface area contributed by atoms with Gasteiger partial charge in [-0.1, -0.05) is 319 Å². The van der Waals surface area contributed by atoms with E-state index in [9.17, 15) is 61.0 Å². The summed E-state index contributed by atoms with van der Waals surface area (Å²) in [6, 6.07) is -0.996. The lowest BCUT2D eigenvalue weighted by atomic mass is 9.96. The molecule has 19 heteroatoms. The number of ether oxygens (including phenoxy) is 6. The van der Waals surface area contributed by atoms with E-state index >= 15 is 0 Å². The smallest absolute Gasteiger partial charge is 0.220 e. The number of aliphatic hydroxyl groups excluding tert-OH is 11. The Hall–Kier alpha value is -2.25. The highest BCUT2D eigenvalue weighted by Crippen LogP contribution is 2.33. The van der Waals surface area contributed by atoms with E-state index in [1.807, 2.05) is 6.08 Å². The molecule has 0 bridgehead atoms. The highest BCUT2D eigenvalue weighted by molar-refractivity contribution is 5.76. The quantitative estimate of drug-likeness (QED) is 0.0199. The zero-order valence-electron chi connectivity index (χ0n) is 64.8. The molecule has 3 heterocycles. The van der Waals surface area contributed by atoms with Crippen LogP contribution in [0.2, 0.25) is 0 Å². The van der Waals surface area contributed by atoms with E-state index in [0.29, 0.717) is 12.8 Å². The van der Waals surface area contributed by atoms with Crippen molar-refractivity contribution in [2.24, 2.45) is 0 Å². The lowest BCUT2D eigenvalue weighted by Gasteiger charge is -2.48. The Morgan fingerprint density at radius 2 is 0.621 bits per heavy atom. The molecule has 0 saturated carbocycles. The van der Waals surface area contributed by atoms with Crippen LogP contribution >= 0.6 is 0 Å². The summed E-state index contributed by atoms with van der Waals surface area (Å²) < 4.78 is 34.4. The van der Waals surface area contributed by atoms with Crippen LogP contribution in [0.1, 0.15) is 348 Å². The second-order valence-corrected chi connectivity index (χ2v) is 30.3. The Kier molecular flexibility index (Phi) is 59.5. The van der Waals surface area contributed by atoms with Crippen LogP contribution in [-0.4, -0.2) is 193 Å². The lowest BCUT2D eigenvalue weighted by molar-refractivity contribution is -0.379. The first-order chi connectivity index (χ1) is 50.3. The second kappa shape index (κ2) is 64.6. The van der Waals surface area contributed by atoms with Crippen LogP contribution in [0.5, 0.6) is 0 Å². The number of allylic oxidation sites excluding steroid dienone is 7. The first kappa shape index (κ1) is 95.0. The number of hydrogen-bond acceptors (Lipinski definition) is 18. The molecule has 19 nitrogen and oxygen atoms in total. The fourth-order valence-electron chi connectivity index (χ4n) is 14.3. The summed E-state index contributed by atoms with van der Waals surface area (Å²) >= 11 is 0. The minimum Gasteiger partial charge on any atom is -0.394 e. The molecule has 0 aliphatic carbocycles. The minimum absolute atomic E-state index is 0.235. The molecular weight excluding hydrogens is 1310 g/mol. The molecule has 0 radical (unpaired) electrons. The summed E-state index contributed by atoms with van der Waals surface area (Å²) in [5, 5.41) is 121. The number of hydrogen-bond donors (Lipinski definition) is 12. The highest BCUT2D eigenvalue weighted by atomic mass is 16.8. The Balaban J connectivity index is 1.28. The lowest BCUT2D eigenvalue weighted by Crippen LogP contribution is -2.66. The van der Waals surface area contributed by atoms with Crippen molar-refractivity contribution in [2.75, 3.05) is 26.4 Å². The fourth-order valence-corrected chi connectivity index (χ4v) is 14.3. The molecule has 1 amide bonds. The van der Waals surface area contributed by atoms with E-state index in [1.165, 1.54) is 270 Å². The molecule has 0 spiro atoms. The van der Waals surface area contributed by atoms with Gasteiger partial charge in [0, 0.05) is 6.42 Å². The molecule has 17 atom stereocenters. The molecule has 3 saturated heterocycles. The molecule has 0 aromatic rings. The van der Waals surface area contributed by atoms with Gasteiger partial charge in [-0.2, -0.15) is 0 Å². The van der Waals surface area contributed by atoms with Gasteiger partial charge in [-0.3, -0.25) is 4.79 Å². The van der Waals surface area contributed by atoms with Crippen LogP contribution in [0.3, 0.4) is 0 Å². The number of carbonyl (C=O) groups excluding carboxylic acids is 1. The van der Waals surface area contributed by atoms with Gasteiger partial charge in [0.05, 0.1) is 38.6 Å². The number of carbonyl (C=O) groups is 1. The number of rotatable bonds is 68. The third-order valence-electron chi connectivity index (χ3n) is 21.1. The summed E-state index contributed by atoms with van der Waals surface area (Å²) in [7, 11) is 0. The maximum atomic E-state index is 13.5. The van der Waals surface area contributed by atoms with E-state index in [-0.39, 0.29) is 18.9 Å². The van der Waals surface area contributed by atoms with Crippen molar-refractivity contribution >= 4 is 5.91 Å². The molecule has 3 aliphatic heterocycles. The van der Waals surface area contributed by atoms with Gasteiger partial charge in [-0.05, 0) is 70.6 Å². The molecular formula is C84H155NO18. The van der Waals surface area contributed by atoms with Crippen LogP contribution in [0.25, 0.3) is 0 Å². The van der Waals surface area contributed by atoms with E-state index < -0.39 is 124 Å². The monoisotopic (exact) mass is 1470 g/mol. The third-order valence-corrected chi connectivity index (χ3v) is 21.1. The maximum Gasteiger partial charge on any atom is 0.220 e. The van der Waals surface area contributed by atoms with E-state index in [4.69, 9.17) is 28.4 Å². The van der Waals surface area contributed by atoms with Crippen molar-refractivity contribution in [1.29, 1.82) is 0 Å². The summed E-state index contributed by atoms with van der Waals surface area (Å²) in [6.07, 6.45) is 55.8. The third kappa shape index (κ3) is 44.3. The Bertz CT molecular complexity index is 2050. The standard InChI is InChI=1S/C84H155NO18/c1-3-5-7-9-11-13-15-17-19-21-22-23-24-25-26-27-28-29-30-31-32-33-34-35-36-37-38-39-40-41-42-43-44-46-48-50-52-54-56-58-60-62-72(90)85-67(68(89)61-59-57-55-53-51-49-47-45-20-18-16-14-12-10-8-6-4-2)66-98-82-78(96)75(93)80(70(64-87)100-82)103-84-79(97)76(94)81(71(65-88)101-84)102-83-77(95)74(92)73(91)69(63-86)99-83/h20-22,45,51,53,59,61,67-71,73-84,86-89,91-97H,3-19,23-44,46-50,52,54-58,60,62-66H2,1-2H3,(H,85,90)/b22-21-,45-20+,53-51+,61-59+. The predicted octanol–water partition coefficient (Wildman–Crippen LogP) is 14.8. The van der Waals surface area contributed by atoms with Gasteiger partial charge < -0.3 is 89.9 Å². The van der Waals surface area contributed by atoms with E-state index in [1.54, 1.807) is 6.08 Å². The number of nitrogens with one attached hydrogen (secondary N) is 1. The molecule has 12 N–H and O–H groups in total. The molecule has 3 fully saturated rings. The Labute approximate surface area is 624 Å². The van der Waals surface area contributed by atoms with Crippen LogP contribution in [-0.2, 0) is 33.2 Å². The maximum absolute atomic E-state index is 13.5.